The Bertz CT molecular complexity index is 264. The number of carbonyl (C=O) groups excluding carboxylic acids is 2. The average molecular weight is 306 g/mol. The molecule has 0 aliphatic heterocycles. The van der Waals surface area contributed by atoms with E-state index in [2.05, 4.69) is 26.0 Å². The fourth-order valence-electron chi connectivity index (χ4n) is 2.14. The van der Waals surface area contributed by atoms with Gasteiger partial charge in [-0.3, -0.25) is 9.59 Å². The Morgan fingerprint density at radius 3 is 2.59 bits per heavy atom. The van der Waals surface area contributed by atoms with E-state index in [4.69, 9.17) is 0 Å². The van der Waals surface area contributed by atoms with E-state index in [9.17, 15) is 9.59 Å². The number of hydrogen-bond acceptors (Lipinski definition) is 3. The third-order valence-corrected chi connectivity index (χ3v) is 3.83. The summed E-state index contributed by atoms with van der Waals surface area (Å²) in [7, 11) is 1.33. The van der Waals surface area contributed by atoms with Crippen LogP contribution in [0.1, 0.15) is 38.5 Å². The highest BCUT2D eigenvalue weighted by Crippen LogP contribution is 2.25. The van der Waals surface area contributed by atoms with E-state index in [0.29, 0.717) is 12.3 Å². The maximum absolute atomic E-state index is 11.6. The molecule has 1 fully saturated rings. The highest BCUT2D eigenvalue weighted by molar-refractivity contribution is 9.10. The van der Waals surface area contributed by atoms with Gasteiger partial charge in [0.2, 0.25) is 5.91 Å². The first-order valence-corrected chi connectivity index (χ1v) is 7.03. The molecule has 0 aromatic rings. The van der Waals surface area contributed by atoms with Crippen molar-refractivity contribution in [3.05, 3.63) is 0 Å². The molecule has 0 spiro atoms. The number of halogens is 1. The van der Waals surface area contributed by atoms with Gasteiger partial charge in [-0.15, -0.1) is 0 Å². The molecule has 4 nitrogen and oxygen atoms in total. The van der Waals surface area contributed by atoms with Crippen LogP contribution in [0.4, 0.5) is 0 Å². The van der Waals surface area contributed by atoms with Gasteiger partial charge >= 0.3 is 5.97 Å². The van der Waals surface area contributed by atoms with E-state index >= 15 is 0 Å². The van der Waals surface area contributed by atoms with Crippen LogP contribution >= 0.6 is 15.9 Å². The average Bonchev–Trinajstić information content (AvgIpc) is 2.36. The second kappa shape index (κ2) is 7.69. The summed E-state index contributed by atoms with van der Waals surface area (Å²) in [5, 5.41) is 2.76. The zero-order valence-corrected chi connectivity index (χ0v) is 11.8. The Morgan fingerprint density at radius 2 is 2.00 bits per heavy atom. The van der Waals surface area contributed by atoms with E-state index in [0.717, 1.165) is 12.8 Å². The lowest BCUT2D eigenvalue weighted by Gasteiger charge is -2.21. The van der Waals surface area contributed by atoms with Gasteiger partial charge in [0.1, 0.15) is 4.83 Å². The SMILES string of the molecule is COC(=O)C(Br)CNC(=O)CC1CCCCC1. The topological polar surface area (TPSA) is 55.4 Å². The van der Waals surface area contributed by atoms with Gasteiger partial charge in [-0.1, -0.05) is 35.2 Å². The Balaban J connectivity index is 2.18. The van der Waals surface area contributed by atoms with Gasteiger partial charge in [-0.25, -0.2) is 0 Å². The van der Waals surface area contributed by atoms with Gasteiger partial charge in [0.05, 0.1) is 7.11 Å². The Morgan fingerprint density at radius 1 is 1.35 bits per heavy atom. The standard InChI is InChI=1S/C12H20BrNO3/c1-17-12(16)10(13)8-14-11(15)7-9-5-3-2-4-6-9/h9-10H,2-8H2,1H3,(H,14,15). The molecule has 1 amide bonds. The van der Waals surface area contributed by atoms with Crippen molar-refractivity contribution in [2.24, 2.45) is 5.92 Å². The normalized spacial score (nSPS) is 18.5. The fourth-order valence-corrected chi connectivity index (χ4v) is 2.49. The van der Waals surface area contributed by atoms with Crippen molar-refractivity contribution in [2.45, 2.75) is 43.4 Å². The number of rotatable bonds is 5. The molecule has 1 saturated carbocycles. The second-order valence-corrected chi connectivity index (χ2v) is 5.61. The van der Waals surface area contributed by atoms with Crippen LogP contribution in [-0.2, 0) is 14.3 Å². The lowest BCUT2D eigenvalue weighted by molar-refractivity contribution is -0.139. The van der Waals surface area contributed by atoms with E-state index in [-0.39, 0.29) is 18.4 Å². The molecule has 0 aromatic carbocycles. The van der Waals surface area contributed by atoms with Crippen LogP contribution in [0.15, 0.2) is 0 Å². The van der Waals surface area contributed by atoms with Crippen molar-refractivity contribution in [3.63, 3.8) is 0 Å². The first-order valence-electron chi connectivity index (χ1n) is 6.12. The summed E-state index contributed by atoms with van der Waals surface area (Å²) < 4.78 is 4.56. The molecule has 0 saturated heterocycles. The molecule has 1 N–H and O–H groups in total. The molecule has 1 aliphatic carbocycles. The van der Waals surface area contributed by atoms with Crippen LogP contribution in [0, 0.1) is 5.92 Å². The summed E-state index contributed by atoms with van der Waals surface area (Å²) in [6.07, 6.45) is 6.66. The summed E-state index contributed by atoms with van der Waals surface area (Å²) in [4.78, 5) is 22.3. The molecule has 0 bridgehead atoms. The van der Waals surface area contributed by atoms with E-state index in [1.54, 1.807) is 0 Å². The smallest absolute Gasteiger partial charge is 0.321 e. The predicted octanol–water partition coefficient (Wildman–Crippen LogP) is 2.01. The van der Waals surface area contributed by atoms with Crippen LogP contribution in [0.5, 0.6) is 0 Å². The van der Waals surface area contributed by atoms with E-state index < -0.39 is 4.83 Å². The number of ether oxygens (including phenoxy) is 1. The summed E-state index contributed by atoms with van der Waals surface area (Å²) >= 11 is 3.17. The molecule has 17 heavy (non-hydrogen) atoms. The molecule has 0 aromatic heterocycles. The van der Waals surface area contributed by atoms with Gasteiger partial charge < -0.3 is 10.1 Å². The maximum Gasteiger partial charge on any atom is 0.321 e. The zero-order valence-electron chi connectivity index (χ0n) is 10.2. The quantitative estimate of drug-likeness (QED) is 0.624. The monoisotopic (exact) mass is 305 g/mol. The van der Waals surface area contributed by atoms with E-state index in [1.165, 1.54) is 26.4 Å². The lowest BCUT2D eigenvalue weighted by atomic mass is 9.87. The minimum Gasteiger partial charge on any atom is -0.468 e. The van der Waals surface area contributed by atoms with Crippen LogP contribution < -0.4 is 5.32 Å². The van der Waals surface area contributed by atoms with E-state index in [1.807, 2.05) is 0 Å². The van der Waals surface area contributed by atoms with Gasteiger partial charge in [0.25, 0.3) is 0 Å². The summed E-state index contributed by atoms with van der Waals surface area (Å²) in [5.74, 6) is 0.198. The van der Waals surface area contributed by atoms with Crippen molar-refractivity contribution in [2.75, 3.05) is 13.7 Å². The van der Waals surface area contributed by atoms with Gasteiger partial charge in [-0.2, -0.15) is 0 Å². The largest absolute Gasteiger partial charge is 0.468 e. The number of esters is 1. The Kier molecular flexibility index (Phi) is 6.55. The number of carbonyl (C=O) groups is 2. The predicted molar refractivity (Wildman–Crippen MR) is 68.9 cm³/mol. The van der Waals surface area contributed by atoms with Crippen LogP contribution in [-0.4, -0.2) is 30.4 Å². The van der Waals surface area contributed by atoms with Crippen LogP contribution in [0.25, 0.3) is 0 Å². The van der Waals surface area contributed by atoms with Gasteiger partial charge in [0, 0.05) is 13.0 Å². The molecule has 5 heteroatoms. The molecular formula is C12H20BrNO3. The molecule has 1 aliphatic rings. The number of hydrogen-bond donors (Lipinski definition) is 1. The number of methoxy groups -OCH3 is 1. The maximum atomic E-state index is 11.6. The number of nitrogens with one attached hydrogen (secondary N) is 1. The lowest BCUT2D eigenvalue weighted by Crippen LogP contribution is -2.34. The molecule has 1 rings (SSSR count). The summed E-state index contributed by atoms with van der Waals surface area (Å²) in [5.41, 5.74) is 0. The molecule has 0 heterocycles. The number of amides is 1. The van der Waals surface area contributed by atoms with Crippen molar-refractivity contribution in [1.29, 1.82) is 0 Å². The minimum absolute atomic E-state index is 0.0326. The minimum atomic E-state index is -0.456. The molecule has 1 atom stereocenters. The molecular weight excluding hydrogens is 286 g/mol. The molecule has 0 radical (unpaired) electrons. The first kappa shape index (κ1) is 14.5. The van der Waals surface area contributed by atoms with Crippen molar-refractivity contribution < 1.29 is 14.3 Å². The van der Waals surface area contributed by atoms with Crippen LogP contribution in [0.3, 0.4) is 0 Å². The highest BCUT2D eigenvalue weighted by atomic mass is 79.9. The Hall–Kier alpha value is -0.580. The molecule has 1 unspecified atom stereocenters. The first-order chi connectivity index (χ1) is 8.13. The second-order valence-electron chi connectivity index (χ2n) is 4.50. The summed E-state index contributed by atoms with van der Waals surface area (Å²) in [6, 6.07) is 0. The van der Waals surface area contributed by atoms with Gasteiger partial charge in [-0.05, 0) is 18.8 Å². The third kappa shape index (κ3) is 5.52. The van der Waals surface area contributed by atoms with Crippen molar-refractivity contribution >= 4 is 27.8 Å². The van der Waals surface area contributed by atoms with Crippen LogP contribution in [0.2, 0.25) is 0 Å². The highest BCUT2D eigenvalue weighted by Gasteiger charge is 2.19. The Labute approximate surface area is 111 Å². The van der Waals surface area contributed by atoms with Crippen molar-refractivity contribution in [3.8, 4) is 0 Å². The summed E-state index contributed by atoms with van der Waals surface area (Å²) in [6.45, 7) is 0.290. The number of alkyl halides is 1. The fraction of sp³-hybridized carbons (Fsp3) is 0.833. The van der Waals surface area contributed by atoms with Gasteiger partial charge in [0.15, 0.2) is 0 Å². The zero-order chi connectivity index (χ0) is 12.7. The third-order valence-electron chi connectivity index (χ3n) is 3.13. The van der Waals surface area contributed by atoms with Crippen molar-refractivity contribution in [1.82, 2.24) is 5.32 Å². The molecule has 98 valence electrons.